The van der Waals surface area contributed by atoms with Crippen LogP contribution >= 0.6 is 11.6 Å². The van der Waals surface area contributed by atoms with Crippen LogP contribution < -0.4 is 10.6 Å². The van der Waals surface area contributed by atoms with E-state index in [0.717, 1.165) is 25.9 Å². The molecule has 26 heavy (non-hydrogen) atoms. The van der Waals surface area contributed by atoms with Crippen molar-refractivity contribution in [3.05, 3.63) is 29.0 Å². The standard InChI is InChI=1S/C19H27ClFN3O2/c1-12(2)18(25)22-10-14-5-4-8-24(11-14)13(3)19(26)23-17-7-6-15(21)9-16(17)20/h6-7,9,12-14H,4-5,8,10-11H2,1-3H3,(H,22,25)(H,23,26). The van der Waals surface area contributed by atoms with E-state index in [2.05, 4.69) is 15.5 Å². The summed E-state index contributed by atoms with van der Waals surface area (Å²) in [5.41, 5.74) is 0.405. The first-order chi connectivity index (χ1) is 12.3. The van der Waals surface area contributed by atoms with Crippen LogP contribution in [0.15, 0.2) is 18.2 Å². The highest BCUT2D eigenvalue weighted by Gasteiger charge is 2.28. The molecule has 7 heteroatoms. The smallest absolute Gasteiger partial charge is 0.241 e. The Hall–Kier alpha value is -1.66. The van der Waals surface area contributed by atoms with Gasteiger partial charge in [-0.2, -0.15) is 0 Å². The number of hydrogen-bond acceptors (Lipinski definition) is 3. The molecule has 144 valence electrons. The number of carbonyl (C=O) groups excluding carboxylic acids is 2. The number of anilines is 1. The maximum Gasteiger partial charge on any atom is 0.241 e. The van der Waals surface area contributed by atoms with E-state index in [1.54, 1.807) is 0 Å². The molecule has 0 bridgehead atoms. The van der Waals surface area contributed by atoms with Crippen LogP contribution in [0.2, 0.25) is 5.02 Å². The van der Waals surface area contributed by atoms with Crippen molar-refractivity contribution < 1.29 is 14.0 Å². The van der Waals surface area contributed by atoms with Gasteiger partial charge in [0.2, 0.25) is 11.8 Å². The minimum absolute atomic E-state index is 0.0279. The Kier molecular flexibility index (Phi) is 7.41. The van der Waals surface area contributed by atoms with E-state index in [9.17, 15) is 14.0 Å². The number of nitrogens with zero attached hydrogens (tertiary/aromatic N) is 1. The van der Waals surface area contributed by atoms with Gasteiger partial charge in [0.1, 0.15) is 5.82 Å². The van der Waals surface area contributed by atoms with Crippen LogP contribution in [-0.4, -0.2) is 42.4 Å². The van der Waals surface area contributed by atoms with E-state index >= 15 is 0 Å². The van der Waals surface area contributed by atoms with Gasteiger partial charge < -0.3 is 10.6 Å². The van der Waals surface area contributed by atoms with Crippen LogP contribution in [0.3, 0.4) is 0 Å². The zero-order valence-corrected chi connectivity index (χ0v) is 16.3. The summed E-state index contributed by atoms with van der Waals surface area (Å²) in [6, 6.07) is 3.57. The van der Waals surface area contributed by atoms with Crippen molar-refractivity contribution in [1.82, 2.24) is 10.2 Å². The van der Waals surface area contributed by atoms with Crippen LogP contribution in [0.4, 0.5) is 10.1 Å². The number of benzene rings is 1. The molecule has 0 aromatic heterocycles. The van der Waals surface area contributed by atoms with Gasteiger partial charge in [-0.15, -0.1) is 0 Å². The molecule has 0 saturated carbocycles. The van der Waals surface area contributed by atoms with Crippen LogP contribution in [0.1, 0.15) is 33.6 Å². The van der Waals surface area contributed by atoms with Gasteiger partial charge >= 0.3 is 0 Å². The van der Waals surface area contributed by atoms with Gasteiger partial charge in [0.15, 0.2) is 0 Å². The number of nitrogens with one attached hydrogen (secondary N) is 2. The summed E-state index contributed by atoms with van der Waals surface area (Å²) in [6.45, 7) is 7.81. The highest BCUT2D eigenvalue weighted by atomic mass is 35.5. The molecule has 2 rings (SSSR count). The molecular weight excluding hydrogens is 357 g/mol. The number of piperidine rings is 1. The Balaban J connectivity index is 1.90. The van der Waals surface area contributed by atoms with Gasteiger partial charge in [0.25, 0.3) is 0 Å². The number of likely N-dealkylation sites (tertiary alicyclic amines) is 1. The number of amides is 2. The Morgan fingerprint density at radius 1 is 1.31 bits per heavy atom. The van der Waals surface area contributed by atoms with Crippen LogP contribution in [-0.2, 0) is 9.59 Å². The van der Waals surface area contributed by atoms with Crippen LogP contribution in [0.25, 0.3) is 0 Å². The Bertz CT molecular complexity index is 654. The fourth-order valence-electron chi connectivity index (χ4n) is 3.06. The predicted molar refractivity (Wildman–Crippen MR) is 102 cm³/mol. The summed E-state index contributed by atoms with van der Waals surface area (Å²) in [5.74, 6) is -0.261. The second kappa shape index (κ2) is 9.33. The summed E-state index contributed by atoms with van der Waals surface area (Å²) >= 11 is 5.98. The molecule has 1 aliphatic rings. The average Bonchev–Trinajstić information content (AvgIpc) is 2.61. The molecule has 2 atom stereocenters. The fraction of sp³-hybridized carbons (Fsp3) is 0.579. The molecule has 0 aliphatic carbocycles. The topological polar surface area (TPSA) is 61.4 Å². The van der Waals surface area contributed by atoms with E-state index in [4.69, 9.17) is 11.6 Å². The molecule has 2 amide bonds. The van der Waals surface area contributed by atoms with Crippen molar-refractivity contribution in [2.75, 3.05) is 25.0 Å². The van der Waals surface area contributed by atoms with Crippen molar-refractivity contribution in [2.45, 2.75) is 39.7 Å². The van der Waals surface area contributed by atoms with Gasteiger partial charge in [0.05, 0.1) is 16.8 Å². The summed E-state index contributed by atoms with van der Waals surface area (Å²) in [4.78, 5) is 26.4. The maximum absolute atomic E-state index is 13.1. The Labute approximate surface area is 159 Å². The van der Waals surface area contributed by atoms with Gasteiger partial charge in [-0.05, 0) is 50.4 Å². The molecule has 1 heterocycles. The Morgan fingerprint density at radius 3 is 2.69 bits per heavy atom. The van der Waals surface area contributed by atoms with Crippen LogP contribution in [0, 0.1) is 17.7 Å². The molecule has 2 N–H and O–H groups in total. The lowest BCUT2D eigenvalue weighted by Gasteiger charge is -2.36. The molecule has 0 radical (unpaired) electrons. The molecule has 1 saturated heterocycles. The minimum atomic E-state index is -0.441. The zero-order valence-electron chi connectivity index (χ0n) is 15.5. The van der Waals surface area contributed by atoms with E-state index in [-0.39, 0.29) is 28.8 Å². The minimum Gasteiger partial charge on any atom is -0.356 e. The third-order valence-corrected chi connectivity index (χ3v) is 5.07. The normalized spacial score (nSPS) is 19.2. The van der Waals surface area contributed by atoms with Gasteiger partial charge in [-0.3, -0.25) is 14.5 Å². The first-order valence-electron chi connectivity index (χ1n) is 9.05. The van der Waals surface area contributed by atoms with Crippen LogP contribution in [0.5, 0.6) is 0 Å². The molecule has 1 aromatic carbocycles. The van der Waals surface area contributed by atoms with E-state index in [1.807, 2.05) is 20.8 Å². The molecule has 1 aromatic rings. The zero-order chi connectivity index (χ0) is 19.3. The van der Waals surface area contributed by atoms with Crippen molar-refractivity contribution in [3.8, 4) is 0 Å². The summed E-state index contributed by atoms with van der Waals surface area (Å²) in [6.07, 6.45) is 2.02. The third kappa shape index (κ3) is 5.68. The van der Waals surface area contributed by atoms with Crippen molar-refractivity contribution in [2.24, 2.45) is 11.8 Å². The predicted octanol–water partition coefficient (Wildman–Crippen LogP) is 3.29. The summed E-state index contributed by atoms with van der Waals surface area (Å²) in [7, 11) is 0. The van der Waals surface area contributed by atoms with E-state index in [1.165, 1.54) is 18.2 Å². The first kappa shape index (κ1) is 20.6. The second-order valence-corrected chi connectivity index (χ2v) is 7.60. The van der Waals surface area contributed by atoms with E-state index < -0.39 is 5.82 Å². The fourth-order valence-corrected chi connectivity index (χ4v) is 3.27. The Morgan fingerprint density at radius 2 is 2.04 bits per heavy atom. The highest BCUT2D eigenvalue weighted by molar-refractivity contribution is 6.33. The maximum atomic E-state index is 13.1. The summed E-state index contributed by atoms with van der Waals surface area (Å²) < 4.78 is 13.1. The number of rotatable bonds is 6. The molecule has 0 spiro atoms. The third-order valence-electron chi connectivity index (χ3n) is 4.76. The molecule has 5 nitrogen and oxygen atoms in total. The summed E-state index contributed by atoms with van der Waals surface area (Å²) in [5, 5.41) is 5.92. The van der Waals surface area contributed by atoms with Crippen molar-refractivity contribution in [3.63, 3.8) is 0 Å². The van der Waals surface area contributed by atoms with E-state index in [0.29, 0.717) is 18.2 Å². The molecule has 1 aliphatic heterocycles. The lowest BCUT2D eigenvalue weighted by molar-refractivity contribution is -0.125. The van der Waals surface area contributed by atoms with Crippen molar-refractivity contribution >= 4 is 29.1 Å². The molecule has 2 unspecified atom stereocenters. The highest BCUT2D eigenvalue weighted by Crippen LogP contribution is 2.24. The van der Waals surface area contributed by atoms with Gasteiger partial charge in [-0.1, -0.05) is 25.4 Å². The van der Waals surface area contributed by atoms with Gasteiger partial charge in [0, 0.05) is 19.0 Å². The number of halogens is 2. The number of hydrogen-bond donors (Lipinski definition) is 2. The number of carbonyl (C=O) groups is 2. The monoisotopic (exact) mass is 383 g/mol. The lowest BCUT2D eigenvalue weighted by Crippen LogP contribution is -2.49. The first-order valence-corrected chi connectivity index (χ1v) is 9.43. The molecule has 1 fully saturated rings. The van der Waals surface area contributed by atoms with Crippen molar-refractivity contribution in [1.29, 1.82) is 0 Å². The lowest BCUT2D eigenvalue weighted by atomic mass is 9.96. The second-order valence-electron chi connectivity index (χ2n) is 7.19. The van der Waals surface area contributed by atoms with Gasteiger partial charge in [-0.25, -0.2) is 4.39 Å². The SMILES string of the molecule is CC(C)C(=O)NCC1CCCN(C(C)C(=O)Nc2ccc(F)cc2Cl)C1. The quantitative estimate of drug-likeness (QED) is 0.792. The largest absolute Gasteiger partial charge is 0.356 e. The average molecular weight is 384 g/mol. The molecular formula is C19H27ClFN3O2.